The van der Waals surface area contributed by atoms with E-state index in [1.165, 1.54) is 30.5 Å². The zero-order valence-corrected chi connectivity index (χ0v) is 26.3. The Bertz CT molecular complexity index is 1920. The van der Waals surface area contributed by atoms with Gasteiger partial charge in [0.25, 0.3) is 0 Å². The third-order valence-corrected chi connectivity index (χ3v) is 9.84. The zero-order valence-electron chi connectivity index (χ0n) is 26.3. The number of aliphatic hydroxyl groups is 1. The van der Waals surface area contributed by atoms with E-state index < -0.39 is 28.8 Å². The normalized spacial score (nSPS) is 26.7. The van der Waals surface area contributed by atoms with Gasteiger partial charge in [0.05, 0.1) is 37.3 Å². The fourth-order valence-electron chi connectivity index (χ4n) is 7.88. The number of nitrogens with zero attached hydrogens (tertiary/aromatic N) is 5. The molecule has 7 rings (SSSR count). The molecule has 47 heavy (non-hydrogen) atoms. The molecule has 12 heteroatoms. The Morgan fingerprint density at radius 2 is 2.06 bits per heavy atom. The lowest BCUT2D eigenvalue weighted by atomic mass is 9.75. The summed E-state index contributed by atoms with van der Waals surface area (Å²) in [5.41, 5.74) is -2.00. The second-order valence-corrected chi connectivity index (χ2v) is 13.4. The maximum Gasteiger partial charge on any atom is 0.319 e. The molecule has 0 radical (unpaired) electrons. The number of terminal acetylenes is 1. The van der Waals surface area contributed by atoms with Crippen LogP contribution in [0.4, 0.5) is 19.0 Å². The maximum absolute atomic E-state index is 16.8. The number of alkyl halides is 1. The Labute approximate surface area is 270 Å². The second-order valence-electron chi connectivity index (χ2n) is 13.4. The summed E-state index contributed by atoms with van der Waals surface area (Å²) in [6, 6.07) is 5.38. The monoisotopic (exact) mass is 647 g/mol. The summed E-state index contributed by atoms with van der Waals surface area (Å²) < 4.78 is 58.4. The molecular formula is C35H36F3N5O4. The van der Waals surface area contributed by atoms with Crippen molar-refractivity contribution in [2.45, 2.75) is 50.4 Å². The summed E-state index contributed by atoms with van der Waals surface area (Å²) in [6.45, 7) is 3.03. The molecule has 3 fully saturated rings. The van der Waals surface area contributed by atoms with Gasteiger partial charge in [-0.1, -0.05) is 18.4 Å². The molecule has 0 unspecified atom stereocenters. The highest BCUT2D eigenvalue weighted by Crippen LogP contribution is 2.48. The van der Waals surface area contributed by atoms with Crippen LogP contribution in [0.15, 0.2) is 30.5 Å². The SMILES string of the molecule is C#Cc1c(F)ccc2cc(O)cc(-c3ncc4c(N5CCOC[C@@](C)(O)C5)nc(OC[C@]56CCC[C@H]5N(C)C[C@@H](F)C6)nc4c3F)c12. The number of rotatable bonds is 5. The van der Waals surface area contributed by atoms with Crippen LogP contribution in [0.5, 0.6) is 11.8 Å². The second kappa shape index (κ2) is 11.8. The molecule has 9 nitrogen and oxygen atoms in total. The molecule has 3 aliphatic rings. The van der Waals surface area contributed by atoms with Crippen LogP contribution >= 0.6 is 0 Å². The number of piperidine rings is 1. The van der Waals surface area contributed by atoms with Crippen LogP contribution in [-0.2, 0) is 4.74 Å². The van der Waals surface area contributed by atoms with Crippen LogP contribution in [-0.4, -0.2) is 94.4 Å². The van der Waals surface area contributed by atoms with Gasteiger partial charge in [0, 0.05) is 41.7 Å². The number of phenolic OH excluding ortho intramolecular Hbond substituents is 1. The third-order valence-electron chi connectivity index (χ3n) is 9.84. The van der Waals surface area contributed by atoms with Crippen molar-refractivity contribution in [3.05, 3.63) is 47.7 Å². The van der Waals surface area contributed by atoms with Crippen molar-refractivity contribution in [2.24, 2.45) is 5.41 Å². The van der Waals surface area contributed by atoms with Crippen molar-refractivity contribution in [3.63, 3.8) is 0 Å². The van der Waals surface area contributed by atoms with Gasteiger partial charge < -0.3 is 24.6 Å². The van der Waals surface area contributed by atoms with Crippen molar-refractivity contribution in [1.29, 1.82) is 0 Å². The molecule has 2 aromatic carbocycles. The van der Waals surface area contributed by atoms with Gasteiger partial charge in [0.2, 0.25) is 0 Å². The van der Waals surface area contributed by atoms with E-state index in [4.69, 9.17) is 20.9 Å². The minimum atomic E-state index is -1.23. The molecule has 2 aliphatic heterocycles. The van der Waals surface area contributed by atoms with E-state index in [9.17, 15) is 19.0 Å². The Kier molecular flexibility index (Phi) is 7.89. The average Bonchev–Trinajstić information content (AvgIpc) is 3.36. The number of aromatic nitrogens is 3. The number of anilines is 1. The van der Waals surface area contributed by atoms with Crippen LogP contribution in [0.3, 0.4) is 0 Å². The van der Waals surface area contributed by atoms with Crippen LogP contribution in [0, 0.1) is 29.4 Å². The number of β-amino-alcohol motifs (C(OH)–C–C–N with tert-alkyl or cyclic N) is 1. The van der Waals surface area contributed by atoms with Gasteiger partial charge in [-0.25, -0.2) is 13.2 Å². The third kappa shape index (κ3) is 5.60. The fraction of sp³-hybridized carbons (Fsp3) is 0.457. The Morgan fingerprint density at radius 3 is 2.87 bits per heavy atom. The van der Waals surface area contributed by atoms with Crippen molar-refractivity contribution in [3.8, 4) is 35.4 Å². The van der Waals surface area contributed by atoms with Crippen LogP contribution in [0.2, 0.25) is 0 Å². The Balaban J connectivity index is 1.38. The van der Waals surface area contributed by atoms with Gasteiger partial charge in [-0.15, -0.1) is 6.42 Å². The molecule has 246 valence electrons. The van der Waals surface area contributed by atoms with Crippen molar-refractivity contribution in [1.82, 2.24) is 19.9 Å². The number of fused-ring (bicyclic) bond motifs is 3. The first-order chi connectivity index (χ1) is 22.5. The van der Waals surface area contributed by atoms with E-state index in [2.05, 4.69) is 20.8 Å². The van der Waals surface area contributed by atoms with Gasteiger partial charge in [-0.3, -0.25) is 9.88 Å². The van der Waals surface area contributed by atoms with E-state index in [0.717, 1.165) is 19.3 Å². The Hall–Kier alpha value is -4.18. The number of pyridine rings is 1. The zero-order chi connectivity index (χ0) is 33.1. The highest BCUT2D eigenvalue weighted by Gasteiger charge is 2.50. The lowest BCUT2D eigenvalue weighted by Gasteiger charge is -2.45. The lowest BCUT2D eigenvalue weighted by molar-refractivity contribution is -0.0244. The molecule has 1 aliphatic carbocycles. The molecule has 1 saturated carbocycles. The first kappa shape index (κ1) is 31.4. The molecule has 0 spiro atoms. The van der Waals surface area contributed by atoms with Gasteiger partial charge in [-0.2, -0.15) is 9.97 Å². The number of ether oxygens (including phenoxy) is 2. The van der Waals surface area contributed by atoms with Gasteiger partial charge in [0.15, 0.2) is 5.82 Å². The highest BCUT2D eigenvalue weighted by molar-refractivity contribution is 6.03. The number of hydrogen-bond donors (Lipinski definition) is 2. The number of aromatic hydroxyl groups is 1. The van der Waals surface area contributed by atoms with Crippen molar-refractivity contribution >= 4 is 27.5 Å². The van der Waals surface area contributed by atoms with E-state index in [1.54, 1.807) is 11.8 Å². The standard InChI is InChI=1S/C35H36F3N5O4/c1-4-23-26(37)8-7-20-12-22(44)13-24(28(20)23)30-29(38)31-25(15-39-30)32(43-10-11-46-18-34(2,45)17-43)41-33(40-31)47-19-35-9-5-6-27(35)42(3)16-21(36)14-35/h1,7-8,12-13,15,21,27,44-45H,5-6,9-11,14,16-19H2,2-3H3/t21-,27+,34-,35+/m0/s1. The highest BCUT2D eigenvalue weighted by atomic mass is 19.1. The van der Waals surface area contributed by atoms with E-state index in [0.29, 0.717) is 24.9 Å². The number of benzene rings is 2. The quantitative estimate of drug-likeness (QED) is 0.290. The number of likely N-dealkylation sites (tertiary alicyclic amines) is 1. The summed E-state index contributed by atoms with van der Waals surface area (Å²) in [5.74, 6) is 0.924. The summed E-state index contributed by atoms with van der Waals surface area (Å²) >= 11 is 0. The summed E-state index contributed by atoms with van der Waals surface area (Å²) in [4.78, 5) is 17.5. The minimum Gasteiger partial charge on any atom is -0.508 e. The van der Waals surface area contributed by atoms with Gasteiger partial charge in [0.1, 0.15) is 40.4 Å². The molecule has 4 heterocycles. The van der Waals surface area contributed by atoms with E-state index in [-0.39, 0.29) is 83.1 Å². The smallest absolute Gasteiger partial charge is 0.319 e. The maximum atomic E-state index is 16.8. The summed E-state index contributed by atoms with van der Waals surface area (Å²) in [6.07, 6.45) is 9.11. The predicted octanol–water partition coefficient (Wildman–Crippen LogP) is 4.99. The topological polar surface area (TPSA) is 104 Å². The van der Waals surface area contributed by atoms with Gasteiger partial charge in [-0.05, 0) is 56.8 Å². The number of halogens is 3. The number of hydrogen-bond acceptors (Lipinski definition) is 9. The first-order valence-corrected chi connectivity index (χ1v) is 15.8. The molecule has 0 amide bonds. The van der Waals surface area contributed by atoms with Crippen LogP contribution in [0.25, 0.3) is 32.9 Å². The molecule has 0 bridgehead atoms. The molecular weight excluding hydrogens is 611 g/mol. The molecule has 2 aromatic heterocycles. The molecule has 2 saturated heterocycles. The fourth-order valence-corrected chi connectivity index (χ4v) is 7.88. The minimum absolute atomic E-state index is 0.0903. The average molecular weight is 648 g/mol. The summed E-state index contributed by atoms with van der Waals surface area (Å²) in [7, 11) is 1.93. The van der Waals surface area contributed by atoms with E-state index >= 15 is 4.39 Å². The van der Waals surface area contributed by atoms with Crippen molar-refractivity contribution in [2.75, 3.05) is 51.4 Å². The largest absolute Gasteiger partial charge is 0.508 e. The summed E-state index contributed by atoms with van der Waals surface area (Å²) in [5, 5.41) is 22.4. The Morgan fingerprint density at radius 1 is 1.23 bits per heavy atom. The lowest BCUT2D eigenvalue weighted by Crippen LogP contribution is -2.54. The van der Waals surface area contributed by atoms with Crippen molar-refractivity contribution < 1.29 is 32.9 Å². The van der Waals surface area contributed by atoms with Crippen LogP contribution in [0.1, 0.15) is 38.2 Å². The van der Waals surface area contributed by atoms with E-state index in [1.807, 2.05) is 7.05 Å². The van der Waals surface area contributed by atoms with Gasteiger partial charge >= 0.3 is 6.01 Å². The predicted molar refractivity (Wildman–Crippen MR) is 171 cm³/mol. The first-order valence-electron chi connectivity index (χ1n) is 15.8. The molecule has 4 atom stereocenters. The molecule has 2 N–H and O–H groups in total. The number of phenols is 1. The van der Waals surface area contributed by atoms with Crippen LogP contribution < -0.4 is 9.64 Å². The molecule has 4 aromatic rings.